The molecule has 1 heterocycles. The summed E-state index contributed by atoms with van der Waals surface area (Å²) in [5, 5.41) is 15.8. The van der Waals surface area contributed by atoms with Gasteiger partial charge in [-0.25, -0.2) is 9.18 Å². The average Bonchev–Trinajstić information content (AvgIpc) is 2.97. The number of amides is 1. The van der Waals surface area contributed by atoms with Gasteiger partial charge in [0.15, 0.2) is 5.76 Å². The molecule has 0 spiro atoms. The first-order valence-corrected chi connectivity index (χ1v) is 8.61. The van der Waals surface area contributed by atoms with Gasteiger partial charge >= 0.3 is 6.09 Å². The summed E-state index contributed by atoms with van der Waals surface area (Å²) in [7, 11) is 0. The Hall–Kier alpha value is -2.67. The molecule has 0 aliphatic rings. The number of aromatic nitrogens is 1. The number of nitrogens with one attached hydrogen (secondary N) is 1. The van der Waals surface area contributed by atoms with Crippen LogP contribution in [0.1, 0.15) is 23.7 Å². The number of halogens is 2. The van der Waals surface area contributed by atoms with E-state index in [4.69, 9.17) is 4.52 Å². The summed E-state index contributed by atoms with van der Waals surface area (Å²) in [4.78, 5) is 11.5. The maximum absolute atomic E-state index is 14.6. The third-order valence-corrected chi connectivity index (χ3v) is 4.77. The first-order valence-electron chi connectivity index (χ1n) is 7.81. The predicted molar refractivity (Wildman–Crippen MR) is 98.4 cm³/mol. The number of benzene rings is 2. The van der Waals surface area contributed by atoms with Crippen LogP contribution in [0, 0.1) is 12.7 Å². The molecule has 26 heavy (non-hydrogen) atoms. The molecule has 5 nitrogen and oxygen atoms in total. The molecule has 1 aromatic heterocycles. The highest BCUT2D eigenvalue weighted by molar-refractivity contribution is 9.10. The fourth-order valence-corrected chi connectivity index (χ4v) is 3.37. The van der Waals surface area contributed by atoms with E-state index in [9.17, 15) is 14.3 Å². The second-order valence-electron chi connectivity index (χ2n) is 6.01. The smallest absolute Gasteiger partial charge is 0.405 e. The highest BCUT2D eigenvalue weighted by atomic mass is 79.9. The second-order valence-corrected chi connectivity index (χ2v) is 6.93. The van der Waals surface area contributed by atoms with Crippen LogP contribution >= 0.6 is 15.9 Å². The summed E-state index contributed by atoms with van der Waals surface area (Å²) < 4.78 is 20.9. The molecule has 1 unspecified atom stereocenters. The molecule has 3 rings (SSSR count). The zero-order valence-corrected chi connectivity index (χ0v) is 15.7. The average molecular weight is 419 g/mol. The van der Waals surface area contributed by atoms with Crippen molar-refractivity contribution in [1.82, 2.24) is 10.5 Å². The summed E-state index contributed by atoms with van der Waals surface area (Å²) in [6.45, 7) is 3.30. The Morgan fingerprint density at radius 1 is 1.23 bits per heavy atom. The Labute approximate surface area is 158 Å². The summed E-state index contributed by atoms with van der Waals surface area (Å²) >= 11 is 3.37. The molecular weight excluding hydrogens is 403 g/mol. The Kier molecular flexibility index (Phi) is 4.82. The number of nitrogens with zero attached hydrogens (tertiary/aromatic N) is 1. The van der Waals surface area contributed by atoms with Gasteiger partial charge in [-0.1, -0.05) is 51.4 Å². The summed E-state index contributed by atoms with van der Waals surface area (Å²) in [5.41, 5.74) is 0.448. The van der Waals surface area contributed by atoms with Gasteiger partial charge in [0, 0.05) is 15.6 Å². The van der Waals surface area contributed by atoms with Gasteiger partial charge < -0.3 is 14.9 Å². The lowest BCUT2D eigenvalue weighted by atomic mass is 9.82. The van der Waals surface area contributed by atoms with Crippen LogP contribution in [-0.4, -0.2) is 16.4 Å². The van der Waals surface area contributed by atoms with E-state index in [-0.39, 0.29) is 5.56 Å². The molecule has 0 fully saturated rings. The Bertz CT molecular complexity index is 956. The van der Waals surface area contributed by atoms with Crippen LogP contribution in [0.25, 0.3) is 11.3 Å². The Morgan fingerprint density at radius 2 is 1.88 bits per heavy atom. The highest BCUT2D eigenvalue weighted by Gasteiger charge is 2.39. The third-order valence-electron chi connectivity index (χ3n) is 4.24. The van der Waals surface area contributed by atoms with Gasteiger partial charge in [-0.15, -0.1) is 0 Å². The van der Waals surface area contributed by atoms with Gasteiger partial charge in [0.2, 0.25) is 0 Å². The van der Waals surface area contributed by atoms with Crippen molar-refractivity contribution in [3.05, 3.63) is 75.6 Å². The minimum atomic E-state index is -1.39. The quantitative estimate of drug-likeness (QED) is 0.618. The van der Waals surface area contributed by atoms with Gasteiger partial charge in [-0.3, -0.25) is 0 Å². The lowest BCUT2D eigenvalue weighted by molar-refractivity contribution is 0.184. The molecule has 0 bridgehead atoms. The first-order chi connectivity index (χ1) is 12.3. The number of hydrogen-bond acceptors (Lipinski definition) is 3. The van der Waals surface area contributed by atoms with E-state index in [2.05, 4.69) is 26.4 Å². The fraction of sp³-hybridized carbons (Fsp3) is 0.158. The van der Waals surface area contributed by atoms with Crippen molar-refractivity contribution in [1.29, 1.82) is 0 Å². The van der Waals surface area contributed by atoms with E-state index in [1.54, 1.807) is 32.0 Å². The van der Waals surface area contributed by atoms with E-state index >= 15 is 0 Å². The van der Waals surface area contributed by atoms with E-state index < -0.39 is 17.4 Å². The minimum absolute atomic E-state index is 0.187. The third kappa shape index (κ3) is 3.22. The summed E-state index contributed by atoms with van der Waals surface area (Å²) in [5.74, 6) is -0.138. The number of hydrogen-bond donors (Lipinski definition) is 2. The molecule has 0 saturated carbocycles. The number of aryl methyl sites for hydroxylation is 1. The predicted octanol–water partition coefficient (Wildman–Crippen LogP) is 5.08. The summed E-state index contributed by atoms with van der Waals surface area (Å²) in [6, 6.07) is 13.3. The van der Waals surface area contributed by atoms with Crippen molar-refractivity contribution < 1.29 is 18.8 Å². The van der Waals surface area contributed by atoms with Crippen molar-refractivity contribution in [2.75, 3.05) is 0 Å². The molecule has 0 saturated heterocycles. The van der Waals surface area contributed by atoms with Crippen LogP contribution < -0.4 is 5.32 Å². The molecule has 1 amide bonds. The van der Waals surface area contributed by atoms with Gasteiger partial charge in [0.1, 0.15) is 5.82 Å². The largest absolute Gasteiger partial charge is 0.465 e. The minimum Gasteiger partial charge on any atom is -0.465 e. The zero-order valence-electron chi connectivity index (χ0n) is 14.1. The van der Waals surface area contributed by atoms with Crippen LogP contribution in [0.5, 0.6) is 0 Å². The molecule has 7 heteroatoms. The van der Waals surface area contributed by atoms with Crippen molar-refractivity contribution in [2.45, 2.75) is 19.4 Å². The lowest BCUT2D eigenvalue weighted by Gasteiger charge is -2.31. The van der Waals surface area contributed by atoms with Crippen LogP contribution in [0.15, 0.2) is 57.5 Å². The molecule has 2 aromatic carbocycles. The van der Waals surface area contributed by atoms with Crippen LogP contribution in [-0.2, 0) is 5.54 Å². The van der Waals surface area contributed by atoms with Crippen LogP contribution in [0.3, 0.4) is 0 Å². The van der Waals surface area contributed by atoms with Gasteiger partial charge in [0.05, 0.1) is 16.8 Å². The molecule has 2 N–H and O–H groups in total. The zero-order chi connectivity index (χ0) is 18.9. The molecule has 0 aliphatic heterocycles. The first kappa shape index (κ1) is 18.1. The van der Waals surface area contributed by atoms with Crippen molar-refractivity contribution in [2.24, 2.45) is 0 Å². The topological polar surface area (TPSA) is 75.4 Å². The molecule has 1 atom stereocenters. The highest BCUT2D eigenvalue weighted by Crippen LogP contribution is 2.39. The lowest BCUT2D eigenvalue weighted by Crippen LogP contribution is -2.45. The number of carbonyl (C=O) groups is 1. The number of carboxylic acid groups (broad SMARTS) is 1. The molecular formula is C19H16BrFN2O3. The molecule has 134 valence electrons. The molecule has 0 aliphatic carbocycles. The Morgan fingerprint density at radius 3 is 2.50 bits per heavy atom. The van der Waals surface area contributed by atoms with Crippen LogP contribution in [0.4, 0.5) is 9.18 Å². The van der Waals surface area contributed by atoms with Gasteiger partial charge in [-0.05, 0) is 32.0 Å². The van der Waals surface area contributed by atoms with Crippen molar-refractivity contribution >= 4 is 22.0 Å². The van der Waals surface area contributed by atoms with Gasteiger partial charge in [0.25, 0.3) is 0 Å². The standard InChI is InChI=1S/C19H16BrFN2O3/c1-11-16(17(26-23-11)12-7-9-13(20)10-8-12)19(2,22-18(24)25)14-5-3-4-6-15(14)21/h3-10,22H,1-2H3,(H,24,25). The molecule has 0 radical (unpaired) electrons. The fourth-order valence-electron chi connectivity index (χ4n) is 3.10. The Balaban J connectivity index is 2.26. The molecule has 3 aromatic rings. The maximum atomic E-state index is 14.6. The van der Waals surface area contributed by atoms with Crippen LogP contribution in [0.2, 0.25) is 0 Å². The second kappa shape index (κ2) is 6.92. The normalized spacial score (nSPS) is 13.2. The summed E-state index contributed by atoms with van der Waals surface area (Å²) in [6.07, 6.45) is -1.28. The maximum Gasteiger partial charge on any atom is 0.405 e. The van der Waals surface area contributed by atoms with E-state index in [1.807, 2.05) is 24.3 Å². The van der Waals surface area contributed by atoms with Gasteiger partial charge in [-0.2, -0.15) is 0 Å². The monoisotopic (exact) mass is 418 g/mol. The van der Waals surface area contributed by atoms with Crippen molar-refractivity contribution in [3.8, 4) is 11.3 Å². The van der Waals surface area contributed by atoms with E-state index in [0.717, 1.165) is 4.47 Å². The van der Waals surface area contributed by atoms with Crippen molar-refractivity contribution in [3.63, 3.8) is 0 Å². The van der Waals surface area contributed by atoms with E-state index in [0.29, 0.717) is 22.6 Å². The van der Waals surface area contributed by atoms with E-state index in [1.165, 1.54) is 6.07 Å². The SMILES string of the molecule is Cc1noc(-c2ccc(Br)cc2)c1C(C)(NC(=O)O)c1ccccc1F. The number of rotatable bonds is 4.